The average Bonchev–Trinajstić information content (AvgIpc) is 2.93. The van der Waals surface area contributed by atoms with Crippen molar-refractivity contribution in [2.75, 3.05) is 33.4 Å². The van der Waals surface area contributed by atoms with Crippen LogP contribution in [0.5, 0.6) is 0 Å². The summed E-state index contributed by atoms with van der Waals surface area (Å²) < 4.78 is 10.6. The monoisotopic (exact) mass is 568 g/mol. The second-order valence-corrected chi connectivity index (χ2v) is 15.8. The molecule has 1 heterocycles. The minimum atomic E-state index is -0.108. The number of ether oxygens (including phenoxy) is 2. The molecule has 5 fully saturated rings. The first-order valence-corrected chi connectivity index (χ1v) is 16.3. The summed E-state index contributed by atoms with van der Waals surface area (Å²) in [7, 11) is 1.50. The zero-order chi connectivity index (χ0) is 29.4. The van der Waals surface area contributed by atoms with Gasteiger partial charge in [-0.1, -0.05) is 40.2 Å². The molecule has 0 aromatic carbocycles. The molecule has 1 N–H and O–H groups in total. The maximum absolute atomic E-state index is 14.4. The van der Waals surface area contributed by atoms with E-state index in [1.807, 2.05) is 4.90 Å². The van der Waals surface area contributed by atoms with E-state index in [1.165, 1.54) is 19.1 Å². The average molecular weight is 569 g/mol. The Bertz CT molecular complexity index is 1130. The first kappa shape index (κ1) is 29.2. The number of esters is 1. The lowest BCUT2D eigenvalue weighted by Crippen LogP contribution is -2.66. The summed E-state index contributed by atoms with van der Waals surface area (Å²) in [6, 6.07) is 0.123. The fourth-order valence-corrected chi connectivity index (χ4v) is 11.4. The number of methoxy groups -OCH3 is 1. The Morgan fingerprint density at radius 3 is 2.32 bits per heavy atom. The number of carbonyl (C=O) groups is 3. The third-order valence-corrected chi connectivity index (χ3v) is 13.6. The molecule has 228 valence electrons. The molecule has 7 heteroatoms. The van der Waals surface area contributed by atoms with Gasteiger partial charge in [0.05, 0.1) is 26.2 Å². The Balaban J connectivity index is 1.28. The maximum Gasteiger partial charge on any atom is 0.317 e. The Morgan fingerprint density at radius 2 is 1.61 bits per heavy atom. The van der Waals surface area contributed by atoms with Crippen LogP contribution in [0.4, 0.5) is 4.79 Å². The third kappa shape index (κ3) is 4.41. The minimum absolute atomic E-state index is 0.00187. The van der Waals surface area contributed by atoms with E-state index in [0.29, 0.717) is 43.9 Å². The molecule has 1 saturated heterocycles. The van der Waals surface area contributed by atoms with Crippen molar-refractivity contribution in [3.05, 3.63) is 11.6 Å². The number of hydrogen-bond acceptors (Lipinski definition) is 5. The van der Waals surface area contributed by atoms with Gasteiger partial charge >= 0.3 is 12.0 Å². The van der Waals surface area contributed by atoms with Crippen LogP contribution < -0.4 is 5.32 Å². The van der Waals surface area contributed by atoms with Crippen molar-refractivity contribution in [3.63, 3.8) is 0 Å². The molecule has 6 rings (SSSR count). The van der Waals surface area contributed by atoms with Crippen LogP contribution in [0.1, 0.15) is 92.4 Å². The van der Waals surface area contributed by atoms with Crippen LogP contribution >= 0.6 is 0 Å². The Morgan fingerprint density at radius 1 is 0.927 bits per heavy atom. The van der Waals surface area contributed by atoms with Crippen LogP contribution in [-0.2, 0) is 19.1 Å². The van der Waals surface area contributed by atoms with E-state index in [1.54, 1.807) is 0 Å². The van der Waals surface area contributed by atoms with Crippen LogP contribution in [0, 0.1) is 51.2 Å². The van der Waals surface area contributed by atoms with Gasteiger partial charge in [-0.05, 0) is 103 Å². The lowest BCUT2D eigenvalue weighted by Gasteiger charge is -2.67. The van der Waals surface area contributed by atoms with Crippen molar-refractivity contribution in [2.24, 2.45) is 51.2 Å². The summed E-state index contributed by atoms with van der Waals surface area (Å²) in [4.78, 5) is 42.0. The standard InChI is InChI=1S/C34H52N2O5/c1-31(2)26-9-13-33(4)23-8-12-32(3)11-7-21(29(38)40-6)19-24(32)22(23)20-25(37)28(33)34(26,5)14-10-27(31)35-30(39)36-15-17-41-18-16-36/h20-21,23-24,26-28H,7-19H2,1-6H3,(H,35,39). The van der Waals surface area contributed by atoms with Crippen molar-refractivity contribution >= 4 is 17.8 Å². The van der Waals surface area contributed by atoms with Gasteiger partial charge in [0.15, 0.2) is 5.78 Å². The number of ketones is 1. The van der Waals surface area contributed by atoms with E-state index < -0.39 is 0 Å². The first-order valence-electron chi connectivity index (χ1n) is 16.3. The molecule has 9 atom stereocenters. The van der Waals surface area contributed by atoms with Gasteiger partial charge in [-0.15, -0.1) is 0 Å². The maximum atomic E-state index is 14.4. The van der Waals surface area contributed by atoms with Gasteiger partial charge in [-0.25, -0.2) is 4.79 Å². The molecule has 0 aromatic heterocycles. The molecule has 2 amide bonds. The Hall–Kier alpha value is -1.89. The summed E-state index contributed by atoms with van der Waals surface area (Å²) in [5.74, 6) is 1.23. The number of rotatable bonds is 2. The van der Waals surface area contributed by atoms with Crippen LogP contribution in [0.15, 0.2) is 11.6 Å². The molecule has 0 bridgehead atoms. The fourth-order valence-electron chi connectivity index (χ4n) is 11.4. The highest BCUT2D eigenvalue weighted by atomic mass is 16.5. The summed E-state index contributed by atoms with van der Waals surface area (Å²) in [6.45, 7) is 14.4. The number of allylic oxidation sites excluding steroid dienone is 2. The highest BCUT2D eigenvalue weighted by Gasteiger charge is 2.66. The Kier molecular flexibility index (Phi) is 7.19. The number of carbonyl (C=O) groups excluding carboxylic acids is 3. The van der Waals surface area contributed by atoms with Crippen molar-refractivity contribution in [2.45, 2.75) is 98.4 Å². The van der Waals surface area contributed by atoms with Crippen LogP contribution in [0.2, 0.25) is 0 Å². The highest BCUT2D eigenvalue weighted by molar-refractivity contribution is 5.95. The molecular formula is C34H52N2O5. The zero-order valence-electron chi connectivity index (χ0n) is 26.2. The van der Waals surface area contributed by atoms with Gasteiger partial charge in [-0.3, -0.25) is 9.59 Å². The molecule has 9 unspecified atom stereocenters. The number of fused-ring (bicyclic) bond motifs is 7. The quantitative estimate of drug-likeness (QED) is 0.428. The van der Waals surface area contributed by atoms with E-state index in [4.69, 9.17) is 9.47 Å². The molecule has 0 radical (unpaired) electrons. The van der Waals surface area contributed by atoms with Crippen molar-refractivity contribution in [1.29, 1.82) is 0 Å². The second kappa shape index (κ2) is 10.1. The molecular weight excluding hydrogens is 516 g/mol. The third-order valence-electron chi connectivity index (χ3n) is 13.6. The molecule has 41 heavy (non-hydrogen) atoms. The predicted molar refractivity (Wildman–Crippen MR) is 157 cm³/mol. The van der Waals surface area contributed by atoms with Crippen LogP contribution in [-0.4, -0.2) is 62.1 Å². The van der Waals surface area contributed by atoms with E-state index >= 15 is 0 Å². The second-order valence-electron chi connectivity index (χ2n) is 15.8. The molecule has 1 aliphatic heterocycles. The SMILES string of the molecule is COC(=O)C1CCC2(C)CCC3C(=CC(=O)C4C3(C)CCC3C(C)(C)C(NC(=O)N5CCOCC5)CCC34C)C2C1. The smallest absolute Gasteiger partial charge is 0.317 e. The summed E-state index contributed by atoms with van der Waals surface area (Å²) in [5.41, 5.74) is 1.24. The normalized spacial score (nSPS) is 45.3. The van der Waals surface area contributed by atoms with E-state index in [0.717, 1.165) is 51.4 Å². The van der Waals surface area contributed by atoms with Crippen molar-refractivity contribution in [3.8, 4) is 0 Å². The predicted octanol–water partition coefficient (Wildman–Crippen LogP) is 5.77. The summed E-state index contributed by atoms with van der Waals surface area (Å²) in [5, 5.41) is 3.42. The van der Waals surface area contributed by atoms with E-state index in [-0.39, 0.29) is 57.5 Å². The van der Waals surface area contributed by atoms with E-state index in [2.05, 4.69) is 46.0 Å². The summed E-state index contributed by atoms with van der Waals surface area (Å²) >= 11 is 0. The molecule has 0 aromatic rings. The number of morpholine rings is 1. The largest absolute Gasteiger partial charge is 0.469 e. The first-order chi connectivity index (χ1) is 19.3. The van der Waals surface area contributed by atoms with Gasteiger partial charge in [0, 0.05) is 25.0 Å². The number of urea groups is 1. The number of hydrogen-bond donors (Lipinski definition) is 1. The van der Waals surface area contributed by atoms with Gasteiger partial charge in [0.25, 0.3) is 0 Å². The van der Waals surface area contributed by atoms with Crippen LogP contribution in [0.3, 0.4) is 0 Å². The number of nitrogens with zero attached hydrogens (tertiary/aromatic N) is 1. The van der Waals surface area contributed by atoms with Crippen molar-refractivity contribution < 1.29 is 23.9 Å². The molecule has 0 spiro atoms. The van der Waals surface area contributed by atoms with Crippen LogP contribution in [0.25, 0.3) is 0 Å². The van der Waals surface area contributed by atoms with E-state index in [9.17, 15) is 14.4 Å². The topological polar surface area (TPSA) is 84.9 Å². The van der Waals surface area contributed by atoms with Gasteiger partial charge in [-0.2, -0.15) is 0 Å². The van der Waals surface area contributed by atoms with Gasteiger partial charge in [0.2, 0.25) is 0 Å². The van der Waals surface area contributed by atoms with Gasteiger partial charge in [0.1, 0.15) is 0 Å². The van der Waals surface area contributed by atoms with Gasteiger partial charge < -0.3 is 19.7 Å². The lowest BCUT2D eigenvalue weighted by molar-refractivity contribution is -0.172. The number of amides is 2. The minimum Gasteiger partial charge on any atom is -0.469 e. The molecule has 6 aliphatic rings. The molecule has 5 aliphatic carbocycles. The highest BCUT2D eigenvalue weighted by Crippen LogP contribution is 2.71. The molecule has 4 saturated carbocycles. The number of nitrogens with one attached hydrogen (secondary N) is 1. The van der Waals surface area contributed by atoms with Crippen molar-refractivity contribution in [1.82, 2.24) is 10.2 Å². The lowest BCUT2D eigenvalue weighted by atomic mass is 9.37. The molecule has 7 nitrogen and oxygen atoms in total. The summed E-state index contributed by atoms with van der Waals surface area (Å²) in [6.07, 6.45) is 11.1. The zero-order valence-corrected chi connectivity index (χ0v) is 26.2. The fraction of sp³-hybridized carbons (Fsp3) is 0.853. The Labute approximate surface area is 246 Å².